The third-order valence-electron chi connectivity index (χ3n) is 2.18. The van der Waals surface area contributed by atoms with E-state index in [2.05, 4.69) is 4.98 Å². The lowest BCUT2D eigenvalue weighted by atomic mass is 10.2. The van der Waals surface area contributed by atoms with Crippen molar-refractivity contribution in [3.63, 3.8) is 0 Å². The second kappa shape index (κ2) is 4.25. The van der Waals surface area contributed by atoms with Crippen molar-refractivity contribution in [1.82, 2.24) is 4.98 Å². The standard InChI is InChI=1S/C13H16N2O2/c1-13(2,3)17-12-8-15-9(7-14)6-11(12)16-10-4-5-10/h6,8,10H,4-5H2,1-3H3. The van der Waals surface area contributed by atoms with Crippen molar-refractivity contribution in [3.8, 4) is 17.6 Å². The molecule has 90 valence electrons. The van der Waals surface area contributed by atoms with Crippen molar-refractivity contribution in [2.45, 2.75) is 45.3 Å². The van der Waals surface area contributed by atoms with E-state index in [0.717, 1.165) is 12.8 Å². The van der Waals surface area contributed by atoms with Crippen LogP contribution in [0.4, 0.5) is 0 Å². The fraction of sp³-hybridized carbons (Fsp3) is 0.538. The zero-order chi connectivity index (χ0) is 12.5. The summed E-state index contributed by atoms with van der Waals surface area (Å²) in [6.45, 7) is 5.89. The van der Waals surface area contributed by atoms with Crippen molar-refractivity contribution in [3.05, 3.63) is 18.0 Å². The summed E-state index contributed by atoms with van der Waals surface area (Å²) in [5.74, 6) is 1.22. The lowest BCUT2D eigenvalue weighted by Gasteiger charge is -2.22. The maximum absolute atomic E-state index is 8.83. The molecule has 1 aliphatic carbocycles. The molecule has 1 saturated carbocycles. The number of pyridine rings is 1. The molecule has 0 saturated heterocycles. The van der Waals surface area contributed by atoms with Gasteiger partial charge in [-0.25, -0.2) is 4.98 Å². The van der Waals surface area contributed by atoms with Crippen molar-refractivity contribution in [2.24, 2.45) is 0 Å². The van der Waals surface area contributed by atoms with Crippen LogP contribution in [0.5, 0.6) is 11.5 Å². The molecule has 4 heteroatoms. The van der Waals surface area contributed by atoms with Gasteiger partial charge in [0.05, 0.1) is 12.3 Å². The summed E-state index contributed by atoms with van der Waals surface area (Å²) in [7, 11) is 0. The molecular weight excluding hydrogens is 216 g/mol. The number of hydrogen-bond acceptors (Lipinski definition) is 4. The van der Waals surface area contributed by atoms with Gasteiger partial charge in [0.2, 0.25) is 0 Å². The first-order valence-electron chi connectivity index (χ1n) is 5.74. The van der Waals surface area contributed by atoms with Crippen molar-refractivity contribution < 1.29 is 9.47 Å². The molecule has 1 aromatic rings. The Hall–Kier alpha value is -1.76. The minimum absolute atomic E-state index is 0.270. The Kier molecular flexibility index (Phi) is 2.93. The molecule has 2 rings (SSSR count). The Morgan fingerprint density at radius 3 is 2.59 bits per heavy atom. The lowest BCUT2D eigenvalue weighted by Crippen LogP contribution is -2.23. The second-order valence-electron chi connectivity index (χ2n) is 5.16. The van der Waals surface area contributed by atoms with E-state index in [1.807, 2.05) is 26.8 Å². The van der Waals surface area contributed by atoms with Crippen LogP contribution in [0.15, 0.2) is 12.3 Å². The number of ether oxygens (including phenoxy) is 2. The van der Waals surface area contributed by atoms with E-state index in [9.17, 15) is 0 Å². The summed E-state index contributed by atoms with van der Waals surface area (Å²) in [6, 6.07) is 3.64. The predicted octanol–water partition coefficient (Wildman–Crippen LogP) is 2.67. The zero-order valence-electron chi connectivity index (χ0n) is 10.4. The van der Waals surface area contributed by atoms with Crippen molar-refractivity contribution >= 4 is 0 Å². The largest absolute Gasteiger partial charge is 0.486 e. The fourth-order valence-electron chi connectivity index (χ4n) is 1.35. The fourth-order valence-corrected chi connectivity index (χ4v) is 1.35. The third-order valence-corrected chi connectivity index (χ3v) is 2.18. The van der Waals surface area contributed by atoms with Crippen molar-refractivity contribution in [2.75, 3.05) is 0 Å². The van der Waals surface area contributed by atoms with E-state index in [0.29, 0.717) is 17.2 Å². The monoisotopic (exact) mass is 232 g/mol. The van der Waals surface area contributed by atoms with Crippen LogP contribution in [0, 0.1) is 11.3 Å². The molecule has 1 aliphatic rings. The molecule has 0 atom stereocenters. The van der Waals surface area contributed by atoms with Gasteiger partial charge < -0.3 is 9.47 Å². The Morgan fingerprint density at radius 1 is 1.35 bits per heavy atom. The van der Waals surface area contributed by atoms with Crippen LogP contribution in [-0.2, 0) is 0 Å². The van der Waals surface area contributed by atoms with Gasteiger partial charge in [-0.3, -0.25) is 0 Å². The molecule has 0 bridgehead atoms. The Morgan fingerprint density at radius 2 is 2.06 bits per heavy atom. The highest BCUT2D eigenvalue weighted by Gasteiger charge is 2.26. The highest BCUT2D eigenvalue weighted by molar-refractivity contribution is 5.42. The normalized spacial score (nSPS) is 15.2. The highest BCUT2D eigenvalue weighted by atomic mass is 16.5. The quantitative estimate of drug-likeness (QED) is 0.804. The first kappa shape index (κ1) is 11.7. The molecule has 0 aliphatic heterocycles. The molecule has 4 nitrogen and oxygen atoms in total. The first-order chi connectivity index (χ1) is 7.98. The van der Waals surface area contributed by atoms with E-state index in [1.54, 1.807) is 12.3 Å². The predicted molar refractivity (Wildman–Crippen MR) is 63.0 cm³/mol. The lowest BCUT2D eigenvalue weighted by molar-refractivity contribution is 0.122. The average Bonchev–Trinajstić information content (AvgIpc) is 3.02. The van der Waals surface area contributed by atoms with E-state index in [-0.39, 0.29) is 11.7 Å². The van der Waals surface area contributed by atoms with Crippen molar-refractivity contribution in [1.29, 1.82) is 5.26 Å². The van der Waals surface area contributed by atoms with Gasteiger partial charge >= 0.3 is 0 Å². The number of rotatable bonds is 3. The van der Waals surface area contributed by atoms with Crippen LogP contribution in [0.1, 0.15) is 39.3 Å². The van der Waals surface area contributed by atoms with Crippen LogP contribution in [0.3, 0.4) is 0 Å². The molecule has 0 spiro atoms. The molecule has 1 aromatic heterocycles. The molecule has 1 fully saturated rings. The molecule has 0 amide bonds. The van der Waals surface area contributed by atoms with Gasteiger partial charge in [0, 0.05) is 6.07 Å². The third kappa shape index (κ3) is 3.35. The second-order valence-corrected chi connectivity index (χ2v) is 5.16. The van der Waals surface area contributed by atoms with Crippen LogP contribution in [0.2, 0.25) is 0 Å². The SMILES string of the molecule is CC(C)(C)Oc1cnc(C#N)cc1OC1CC1. The minimum Gasteiger partial charge on any atom is -0.486 e. The van der Waals surface area contributed by atoms with Gasteiger partial charge in [-0.1, -0.05) is 0 Å². The van der Waals surface area contributed by atoms with E-state index >= 15 is 0 Å². The number of nitriles is 1. The highest BCUT2D eigenvalue weighted by Crippen LogP contribution is 2.35. The molecule has 0 aromatic carbocycles. The van der Waals surface area contributed by atoms with E-state index in [4.69, 9.17) is 14.7 Å². The average molecular weight is 232 g/mol. The summed E-state index contributed by atoms with van der Waals surface area (Å²) < 4.78 is 11.5. The molecule has 17 heavy (non-hydrogen) atoms. The topological polar surface area (TPSA) is 55.1 Å². The molecular formula is C13H16N2O2. The van der Waals surface area contributed by atoms with E-state index in [1.165, 1.54) is 0 Å². The number of hydrogen-bond donors (Lipinski definition) is 0. The summed E-state index contributed by atoms with van der Waals surface area (Å²) in [5.41, 5.74) is 0.0410. The molecule has 0 radical (unpaired) electrons. The summed E-state index contributed by atoms with van der Waals surface area (Å²) in [6.07, 6.45) is 3.96. The van der Waals surface area contributed by atoms with Crippen LogP contribution >= 0.6 is 0 Å². The van der Waals surface area contributed by atoms with Gasteiger partial charge in [-0.15, -0.1) is 0 Å². The van der Waals surface area contributed by atoms with E-state index < -0.39 is 0 Å². The minimum atomic E-state index is -0.308. The summed E-state index contributed by atoms with van der Waals surface area (Å²) in [5, 5.41) is 8.83. The molecule has 0 unspecified atom stereocenters. The Bertz CT molecular complexity index is 453. The van der Waals surface area contributed by atoms with Gasteiger partial charge in [-0.2, -0.15) is 5.26 Å². The maximum atomic E-state index is 8.83. The first-order valence-corrected chi connectivity index (χ1v) is 5.74. The number of aromatic nitrogens is 1. The molecule has 1 heterocycles. The smallest absolute Gasteiger partial charge is 0.180 e. The van der Waals surface area contributed by atoms with Crippen LogP contribution in [0.25, 0.3) is 0 Å². The van der Waals surface area contributed by atoms with Gasteiger partial charge in [-0.05, 0) is 33.6 Å². The van der Waals surface area contributed by atoms with Gasteiger partial charge in [0.15, 0.2) is 11.5 Å². The summed E-state index contributed by atoms with van der Waals surface area (Å²) in [4.78, 5) is 4.00. The van der Waals surface area contributed by atoms with Crippen LogP contribution in [-0.4, -0.2) is 16.7 Å². The molecule has 0 N–H and O–H groups in total. The Balaban J connectivity index is 2.26. The maximum Gasteiger partial charge on any atom is 0.180 e. The van der Waals surface area contributed by atoms with Gasteiger partial charge in [0.1, 0.15) is 17.4 Å². The Labute approximate surface area is 101 Å². The summed E-state index contributed by atoms with van der Waals surface area (Å²) >= 11 is 0. The van der Waals surface area contributed by atoms with Gasteiger partial charge in [0.25, 0.3) is 0 Å². The van der Waals surface area contributed by atoms with Crippen LogP contribution < -0.4 is 9.47 Å². The number of nitrogens with zero attached hydrogens (tertiary/aromatic N) is 2. The zero-order valence-corrected chi connectivity index (χ0v) is 10.4.